The van der Waals surface area contributed by atoms with Crippen LogP contribution in [-0.2, 0) is 10.9 Å². The Kier molecular flexibility index (Phi) is 6.83. The molecule has 28 heavy (non-hydrogen) atoms. The number of halogens is 3. The summed E-state index contributed by atoms with van der Waals surface area (Å²) in [6.45, 7) is 4.52. The molecule has 0 spiro atoms. The molecule has 13 heteroatoms. The molecule has 154 valence electrons. The van der Waals surface area contributed by atoms with E-state index in [4.69, 9.17) is 4.74 Å². The van der Waals surface area contributed by atoms with E-state index in [2.05, 4.69) is 19.9 Å². The van der Waals surface area contributed by atoms with Crippen molar-refractivity contribution in [1.29, 1.82) is 0 Å². The average Bonchev–Trinajstić information content (AvgIpc) is 3.14. The lowest BCUT2D eigenvalue weighted by Crippen LogP contribution is -2.37. The molecule has 1 heterocycles. The summed E-state index contributed by atoms with van der Waals surface area (Å²) in [5, 5.41) is 10.9. The molecule has 0 atom stereocenters. The van der Waals surface area contributed by atoms with Crippen LogP contribution in [0.25, 0.3) is 0 Å². The van der Waals surface area contributed by atoms with Crippen LogP contribution in [0.15, 0.2) is 39.2 Å². The molecule has 0 N–H and O–H groups in total. The third kappa shape index (κ3) is 4.71. The molecule has 2 rings (SSSR count). The molecule has 1 aromatic carbocycles. The first kappa shape index (κ1) is 21.5. The van der Waals surface area contributed by atoms with Crippen LogP contribution in [0.4, 0.5) is 36.1 Å². The summed E-state index contributed by atoms with van der Waals surface area (Å²) in [5.74, 6) is 0.215. The molecule has 0 saturated carbocycles. The Hall–Kier alpha value is -2.83. The molecule has 0 aliphatic carbocycles. The van der Waals surface area contributed by atoms with Gasteiger partial charge in [-0.1, -0.05) is 5.16 Å². The summed E-state index contributed by atoms with van der Waals surface area (Å²) < 4.78 is 72.2. The van der Waals surface area contributed by atoms with Gasteiger partial charge in [-0.3, -0.25) is 0 Å². The minimum Gasteiger partial charge on any atom is -0.494 e. The van der Waals surface area contributed by atoms with E-state index in [1.54, 1.807) is 18.7 Å². The highest BCUT2D eigenvalue weighted by Crippen LogP contribution is 2.44. The molecule has 0 unspecified atom stereocenters. The van der Waals surface area contributed by atoms with Gasteiger partial charge in [0.25, 0.3) is 0 Å². The number of ether oxygens (including phenoxy) is 1. The first-order valence-electron chi connectivity index (χ1n) is 8.03. The van der Waals surface area contributed by atoms with Crippen LogP contribution in [0.1, 0.15) is 13.8 Å². The SMILES string of the molecule is CCN(CC)c1cc(N([SH](=O)=O)C(F)(F)F)c(N=Nc2ccon2)cc1OC. The zero-order valence-electron chi connectivity index (χ0n) is 15.2. The Morgan fingerprint density at radius 2 is 1.86 bits per heavy atom. The average molecular weight is 421 g/mol. The normalized spacial score (nSPS) is 12.0. The highest BCUT2D eigenvalue weighted by molar-refractivity contribution is 7.74. The summed E-state index contributed by atoms with van der Waals surface area (Å²) in [4.78, 5) is 1.72. The lowest BCUT2D eigenvalue weighted by Gasteiger charge is -2.27. The molecule has 9 nitrogen and oxygen atoms in total. The second-order valence-electron chi connectivity index (χ2n) is 5.26. The third-order valence-electron chi connectivity index (χ3n) is 3.70. The topological polar surface area (TPSA) is 101 Å². The standard InChI is InChI=1S/C15H18F3N5O4S/c1-4-22(5-2)12-9-11(23(28(24)25)15(16,17)18)10(8-13(12)26-3)19-20-14-6-7-27-21-14/h6-9,28H,4-5H2,1-3H3. The maximum Gasteiger partial charge on any atom is 0.498 e. The molecular weight excluding hydrogens is 403 g/mol. The Labute approximate surface area is 160 Å². The Bertz CT molecular complexity index is 888. The van der Waals surface area contributed by atoms with E-state index in [0.717, 1.165) is 6.07 Å². The maximum absolute atomic E-state index is 13.4. The van der Waals surface area contributed by atoms with Crippen LogP contribution in [0.2, 0.25) is 0 Å². The van der Waals surface area contributed by atoms with Crippen molar-refractivity contribution in [2.45, 2.75) is 20.1 Å². The fraction of sp³-hybridized carbons (Fsp3) is 0.400. The lowest BCUT2D eigenvalue weighted by molar-refractivity contribution is -0.115. The van der Waals surface area contributed by atoms with Crippen molar-refractivity contribution in [1.82, 2.24) is 5.16 Å². The molecule has 2 aromatic rings. The van der Waals surface area contributed by atoms with E-state index < -0.39 is 27.2 Å². The Morgan fingerprint density at radius 3 is 2.32 bits per heavy atom. The second kappa shape index (κ2) is 8.91. The number of hydrogen-bond acceptors (Lipinski definition) is 8. The van der Waals surface area contributed by atoms with Crippen molar-refractivity contribution >= 4 is 33.8 Å². The van der Waals surface area contributed by atoms with Gasteiger partial charge in [0.05, 0.1) is 18.5 Å². The number of methoxy groups -OCH3 is 1. The zero-order valence-corrected chi connectivity index (χ0v) is 16.1. The third-order valence-corrected chi connectivity index (χ3v) is 4.47. The minimum absolute atomic E-state index is 0.00260. The van der Waals surface area contributed by atoms with Gasteiger partial charge in [0.15, 0.2) is 0 Å². The van der Waals surface area contributed by atoms with Crippen molar-refractivity contribution in [3.05, 3.63) is 24.5 Å². The summed E-state index contributed by atoms with van der Waals surface area (Å²) in [5.41, 5.74) is -0.792. The lowest BCUT2D eigenvalue weighted by atomic mass is 10.2. The largest absolute Gasteiger partial charge is 0.498 e. The van der Waals surface area contributed by atoms with Crippen molar-refractivity contribution in [2.24, 2.45) is 10.2 Å². The van der Waals surface area contributed by atoms with E-state index in [1.807, 2.05) is 0 Å². The smallest absolute Gasteiger partial charge is 0.494 e. The predicted octanol–water partition coefficient (Wildman–Crippen LogP) is 3.80. The number of benzene rings is 1. The number of azo groups is 1. The number of nitrogens with zero attached hydrogens (tertiary/aromatic N) is 5. The number of anilines is 2. The summed E-state index contributed by atoms with van der Waals surface area (Å²) in [6.07, 6.45) is -3.99. The van der Waals surface area contributed by atoms with Gasteiger partial charge in [0.1, 0.15) is 17.7 Å². The predicted molar refractivity (Wildman–Crippen MR) is 96.1 cm³/mol. The second-order valence-corrected chi connectivity index (χ2v) is 6.14. The highest BCUT2D eigenvalue weighted by atomic mass is 32.2. The van der Waals surface area contributed by atoms with Gasteiger partial charge in [-0.05, 0) is 19.9 Å². The quantitative estimate of drug-likeness (QED) is 0.395. The maximum atomic E-state index is 13.4. The molecule has 0 saturated heterocycles. The number of alkyl halides is 3. The van der Waals surface area contributed by atoms with E-state index >= 15 is 0 Å². The number of hydrogen-bond donors (Lipinski definition) is 1. The van der Waals surface area contributed by atoms with Gasteiger partial charge in [-0.2, -0.15) is 4.31 Å². The van der Waals surface area contributed by atoms with Gasteiger partial charge in [0, 0.05) is 25.2 Å². The van der Waals surface area contributed by atoms with Gasteiger partial charge in [-0.25, -0.2) is 8.42 Å². The molecule has 1 aromatic heterocycles. The van der Waals surface area contributed by atoms with Crippen molar-refractivity contribution < 1.29 is 30.8 Å². The van der Waals surface area contributed by atoms with Gasteiger partial charge in [-0.15, -0.1) is 23.4 Å². The van der Waals surface area contributed by atoms with Crippen molar-refractivity contribution in [3.63, 3.8) is 0 Å². The monoisotopic (exact) mass is 421 g/mol. The molecule has 0 radical (unpaired) electrons. The molecular formula is C15H18F3N5O4S. The number of thiol groups is 1. The van der Waals surface area contributed by atoms with Crippen LogP contribution >= 0.6 is 0 Å². The molecule has 0 aliphatic rings. The summed E-state index contributed by atoms with van der Waals surface area (Å²) >= 11 is 0. The zero-order chi connectivity index (χ0) is 20.9. The van der Waals surface area contributed by atoms with E-state index in [0.29, 0.717) is 13.1 Å². The first-order valence-corrected chi connectivity index (χ1v) is 9.16. The number of aromatic nitrogens is 1. The van der Waals surface area contributed by atoms with E-state index in [9.17, 15) is 21.6 Å². The van der Waals surface area contributed by atoms with Crippen LogP contribution in [0.3, 0.4) is 0 Å². The van der Waals surface area contributed by atoms with Crippen molar-refractivity contribution in [2.75, 3.05) is 29.4 Å². The summed E-state index contributed by atoms with van der Waals surface area (Å²) in [6, 6.07) is 3.58. The Balaban J connectivity index is 2.73. The molecule has 0 fully saturated rings. The Morgan fingerprint density at radius 1 is 1.18 bits per heavy atom. The summed E-state index contributed by atoms with van der Waals surface area (Å²) in [7, 11) is -2.70. The number of rotatable bonds is 8. The molecule has 0 bridgehead atoms. The fourth-order valence-corrected chi connectivity index (χ4v) is 2.97. The fourth-order valence-electron chi connectivity index (χ4n) is 2.45. The minimum atomic E-state index is -5.19. The molecule has 0 aliphatic heterocycles. The van der Waals surface area contributed by atoms with Gasteiger partial charge in [0.2, 0.25) is 16.7 Å². The first-order chi connectivity index (χ1) is 13.2. The van der Waals surface area contributed by atoms with Crippen LogP contribution in [0, 0.1) is 0 Å². The highest BCUT2D eigenvalue weighted by Gasteiger charge is 2.42. The molecule has 0 amide bonds. The van der Waals surface area contributed by atoms with Gasteiger partial charge < -0.3 is 14.2 Å². The van der Waals surface area contributed by atoms with Crippen LogP contribution in [-0.4, -0.2) is 40.1 Å². The van der Waals surface area contributed by atoms with E-state index in [-0.39, 0.29) is 22.9 Å². The van der Waals surface area contributed by atoms with E-state index in [1.165, 1.54) is 25.5 Å². The van der Waals surface area contributed by atoms with Crippen molar-refractivity contribution in [3.8, 4) is 5.75 Å². The van der Waals surface area contributed by atoms with Crippen LogP contribution < -0.4 is 13.9 Å². The van der Waals surface area contributed by atoms with Crippen LogP contribution in [0.5, 0.6) is 5.75 Å². The van der Waals surface area contributed by atoms with Gasteiger partial charge >= 0.3 is 6.30 Å².